The van der Waals surface area contributed by atoms with Crippen molar-refractivity contribution in [1.82, 2.24) is 10.4 Å². The molecule has 0 amide bonds. The minimum atomic E-state index is -4.43. The van der Waals surface area contributed by atoms with Crippen molar-refractivity contribution in [3.8, 4) is 0 Å². The van der Waals surface area contributed by atoms with Crippen molar-refractivity contribution in [2.24, 2.45) is 5.84 Å². The Hall–Kier alpha value is -1.92. The molecule has 0 spiro atoms. The quantitative estimate of drug-likeness (QED) is 0.673. The molecule has 21 heavy (non-hydrogen) atoms. The average Bonchev–Trinajstić information content (AvgIpc) is 2.46. The van der Waals surface area contributed by atoms with Gasteiger partial charge in [-0.15, -0.1) is 0 Å². The van der Waals surface area contributed by atoms with E-state index in [-0.39, 0.29) is 5.56 Å². The van der Waals surface area contributed by atoms with Crippen molar-refractivity contribution in [1.29, 1.82) is 0 Å². The van der Waals surface area contributed by atoms with Gasteiger partial charge in [-0.3, -0.25) is 16.3 Å². The fourth-order valence-corrected chi connectivity index (χ4v) is 2.16. The second-order valence-electron chi connectivity index (χ2n) is 4.87. The van der Waals surface area contributed by atoms with Crippen molar-refractivity contribution < 1.29 is 13.2 Å². The van der Waals surface area contributed by atoms with Crippen LogP contribution < -0.4 is 11.3 Å². The van der Waals surface area contributed by atoms with Gasteiger partial charge in [0.2, 0.25) is 0 Å². The molecule has 3 N–H and O–H groups in total. The molecule has 0 fully saturated rings. The monoisotopic (exact) mass is 295 g/mol. The third-order valence-corrected chi connectivity index (χ3v) is 3.29. The van der Waals surface area contributed by atoms with Gasteiger partial charge in [-0.05, 0) is 25.0 Å². The number of hydrogen-bond acceptors (Lipinski definition) is 3. The molecule has 0 saturated carbocycles. The minimum absolute atomic E-state index is 0.0491. The Morgan fingerprint density at radius 2 is 1.86 bits per heavy atom. The van der Waals surface area contributed by atoms with Crippen molar-refractivity contribution in [3.05, 3.63) is 65.0 Å². The normalized spacial score (nSPS) is 13.2. The molecule has 1 aromatic carbocycles. The van der Waals surface area contributed by atoms with Crippen LogP contribution in [0.5, 0.6) is 0 Å². The molecule has 112 valence electrons. The summed E-state index contributed by atoms with van der Waals surface area (Å²) in [5, 5.41) is 0. The number of rotatable bonds is 4. The average molecular weight is 295 g/mol. The number of nitrogens with zero attached hydrogens (tertiary/aromatic N) is 1. The number of halogens is 3. The van der Waals surface area contributed by atoms with Crippen LogP contribution in [0.4, 0.5) is 13.2 Å². The zero-order chi connectivity index (χ0) is 15.5. The van der Waals surface area contributed by atoms with Crippen LogP contribution in [0.15, 0.2) is 42.7 Å². The van der Waals surface area contributed by atoms with Crippen LogP contribution in [0.3, 0.4) is 0 Å². The second-order valence-corrected chi connectivity index (χ2v) is 4.87. The van der Waals surface area contributed by atoms with Gasteiger partial charge in [0.1, 0.15) is 0 Å². The summed E-state index contributed by atoms with van der Waals surface area (Å²) in [4.78, 5) is 3.79. The molecule has 2 rings (SSSR count). The molecular formula is C15H16F3N3. The molecule has 1 heterocycles. The van der Waals surface area contributed by atoms with Crippen LogP contribution in [0.1, 0.15) is 28.3 Å². The number of benzene rings is 1. The molecule has 1 aromatic heterocycles. The Balaban J connectivity index is 2.32. The molecule has 0 radical (unpaired) electrons. The molecule has 0 aliphatic carbocycles. The predicted molar refractivity (Wildman–Crippen MR) is 74.2 cm³/mol. The number of pyridine rings is 1. The first kappa shape index (κ1) is 15.5. The first-order chi connectivity index (χ1) is 9.91. The van der Waals surface area contributed by atoms with E-state index in [1.165, 1.54) is 6.20 Å². The summed E-state index contributed by atoms with van der Waals surface area (Å²) < 4.78 is 39.1. The first-order valence-corrected chi connectivity index (χ1v) is 6.44. The summed E-state index contributed by atoms with van der Waals surface area (Å²) in [5.74, 6) is 5.45. The Labute approximate surface area is 121 Å². The van der Waals surface area contributed by atoms with Crippen molar-refractivity contribution in [2.45, 2.75) is 25.6 Å². The second kappa shape index (κ2) is 6.24. The number of alkyl halides is 3. The lowest BCUT2D eigenvalue weighted by molar-refractivity contribution is -0.138. The molecule has 0 saturated heterocycles. The zero-order valence-corrected chi connectivity index (χ0v) is 11.5. The SMILES string of the molecule is Cc1ccc(CC(NN)c2cnccc2C(F)(F)F)cc1. The van der Waals surface area contributed by atoms with Crippen LogP contribution >= 0.6 is 0 Å². The van der Waals surface area contributed by atoms with E-state index in [1.54, 1.807) is 0 Å². The smallest absolute Gasteiger partial charge is 0.271 e. The van der Waals surface area contributed by atoms with Gasteiger partial charge >= 0.3 is 6.18 Å². The molecule has 0 aliphatic rings. The zero-order valence-electron chi connectivity index (χ0n) is 11.5. The molecule has 1 unspecified atom stereocenters. The van der Waals surface area contributed by atoms with E-state index in [0.29, 0.717) is 6.42 Å². The van der Waals surface area contributed by atoms with Crippen LogP contribution in [0.25, 0.3) is 0 Å². The third kappa shape index (κ3) is 3.80. The summed E-state index contributed by atoms with van der Waals surface area (Å²) in [6, 6.07) is 7.90. The van der Waals surface area contributed by atoms with Crippen molar-refractivity contribution in [3.63, 3.8) is 0 Å². The van der Waals surface area contributed by atoms with Gasteiger partial charge in [-0.2, -0.15) is 13.2 Å². The lowest BCUT2D eigenvalue weighted by atomic mass is 9.96. The van der Waals surface area contributed by atoms with Gasteiger partial charge < -0.3 is 0 Å². The summed E-state index contributed by atoms with van der Waals surface area (Å²) in [5.41, 5.74) is 3.78. The number of nitrogens with two attached hydrogens (primary N) is 1. The van der Waals surface area contributed by atoms with Gasteiger partial charge in [0, 0.05) is 18.0 Å². The van der Waals surface area contributed by atoms with Gasteiger partial charge in [-0.25, -0.2) is 0 Å². The Morgan fingerprint density at radius 1 is 1.19 bits per heavy atom. The first-order valence-electron chi connectivity index (χ1n) is 6.44. The van der Waals surface area contributed by atoms with E-state index in [0.717, 1.165) is 23.4 Å². The van der Waals surface area contributed by atoms with E-state index in [4.69, 9.17) is 5.84 Å². The number of aromatic nitrogens is 1. The van der Waals surface area contributed by atoms with Crippen molar-refractivity contribution >= 4 is 0 Å². The Bertz CT molecular complexity index is 594. The highest BCUT2D eigenvalue weighted by molar-refractivity contribution is 5.31. The summed E-state index contributed by atoms with van der Waals surface area (Å²) in [6.45, 7) is 1.95. The molecule has 3 nitrogen and oxygen atoms in total. The maximum atomic E-state index is 13.0. The van der Waals surface area contributed by atoms with E-state index in [2.05, 4.69) is 10.4 Å². The maximum absolute atomic E-state index is 13.0. The number of nitrogens with one attached hydrogen (secondary N) is 1. The van der Waals surface area contributed by atoms with Crippen LogP contribution in [0, 0.1) is 6.92 Å². The molecule has 1 atom stereocenters. The molecular weight excluding hydrogens is 279 g/mol. The highest BCUT2D eigenvalue weighted by Crippen LogP contribution is 2.34. The fourth-order valence-electron chi connectivity index (χ4n) is 2.16. The lowest BCUT2D eigenvalue weighted by Crippen LogP contribution is -2.31. The molecule has 0 aliphatic heterocycles. The highest BCUT2D eigenvalue weighted by Gasteiger charge is 2.35. The Kier molecular flexibility index (Phi) is 4.59. The van der Waals surface area contributed by atoms with E-state index >= 15 is 0 Å². The highest BCUT2D eigenvalue weighted by atomic mass is 19.4. The predicted octanol–water partition coefficient (Wildman–Crippen LogP) is 3.16. The number of aryl methyl sites for hydroxylation is 1. The summed E-state index contributed by atoms with van der Waals surface area (Å²) in [6.07, 6.45) is -1.74. The number of hydrazine groups is 1. The van der Waals surface area contributed by atoms with E-state index in [1.807, 2.05) is 31.2 Å². The molecule has 6 heteroatoms. The van der Waals surface area contributed by atoms with Gasteiger partial charge in [0.15, 0.2) is 0 Å². The van der Waals surface area contributed by atoms with Gasteiger partial charge in [0.25, 0.3) is 0 Å². The summed E-state index contributed by atoms with van der Waals surface area (Å²) >= 11 is 0. The lowest BCUT2D eigenvalue weighted by Gasteiger charge is -2.20. The largest absolute Gasteiger partial charge is 0.416 e. The minimum Gasteiger partial charge on any atom is -0.271 e. The number of hydrogen-bond donors (Lipinski definition) is 2. The third-order valence-electron chi connectivity index (χ3n) is 3.29. The van der Waals surface area contributed by atoms with E-state index in [9.17, 15) is 13.2 Å². The standard InChI is InChI=1S/C15H16F3N3/c1-10-2-4-11(5-3-10)8-14(21-19)12-9-20-7-6-13(12)15(16,17)18/h2-7,9,14,21H,8,19H2,1H3. The summed E-state index contributed by atoms with van der Waals surface area (Å²) in [7, 11) is 0. The maximum Gasteiger partial charge on any atom is 0.416 e. The topological polar surface area (TPSA) is 50.9 Å². The molecule has 2 aromatic rings. The van der Waals surface area contributed by atoms with Crippen LogP contribution in [-0.4, -0.2) is 4.98 Å². The molecule has 0 bridgehead atoms. The Morgan fingerprint density at radius 3 is 2.43 bits per heavy atom. The van der Waals surface area contributed by atoms with Gasteiger partial charge in [0.05, 0.1) is 11.6 Å². The fraction of sp³-hybridized carbons (Fsp3) is 0.267. The van der Waals surface area contributed by atoms with Crippen LogP contribution in [0.2, 0.25) is 0 Å². The van der Waals surface area contributed by atoms with Gasteiger partial charge in [-0.1, -0.05) is 29.8 Å². The van der Waals surface area contributed by atoms with E-state index < -0.39 is 17.8 Å². The van der Waals surface area contributed by atoms with Crippen molar-refractivity contribution in [2.75, 3.05) is 0 Å². The van der Waals surface area contributed by atoms with Crippen LogP contribution in [-0.2, 0) is 12.6 Å².